The molecule has 1 aliphatic rings. The van der Waals surface area contributed by atoms with Crippen molar-refractivity contribution in [2.24, 2.45) is 0 Å². The summed E-state index contributed by atoms with van der Waals surface area (Å²) < 4.78 is 3.36. The van der Waals surface area contributed by atoms with E-state index < -0.39 is 0 Å². The van der Waals surface area contributed by atoms with Gasteiger partial charge in [0.05, 0.1) is 28.8 Å². The number of para-hydroxylation sites is 1. The first kappa shape index (κ1) is 19.7. The van der Waals surface area contributed by atoms with Gasteiger partial charge < -0.3 is 4.90 Å². The van der Waals surface area contributed by atoms with Gasteiger partial charge in [0, 0.05) is 50.4 Å². The Hall–Kier alpha value is -3.30. The summed E-state index contributed by atoms with van der Waals surface area (Å²) in [5.41, 5.74) is 3.13. The van der Waals surface area contributed by atoms with Gasteiger partial charge in [0.25, 0.3) is 11.5 Å². The van der Waals surface area contributed by atoms with E-state index in [0.29, 0.717) is 30.2 Å². The number of hydrogen-bond acceptors (Lipinski definition) is 6. The third kappa shape index (κ3) is 3.77. The molecule has 0 bridgehead atoms. The average molecular weight is 435 g/mol. The molecule has 1 aliphatic heterocycles. The molecule has 1 saturated heterocycles. The van der Waals surface area contributed by atoms with E-state index in [1.807, 2.05) is 47.5 Å². The molecule has 0 aliphatic carbocycles. The first-order chi connectivity index (χ1) is 15.1. The van der Waals surface area contributed by atoms with Crippen LogP contribution in [0.3, 0.4) is 0 Å². The minimum Gasteiger partial charge on any atom is -0.336 e. The van der Waals surface area contributed by atoms with Crippen molar-refractivity contribution in [2.75, 3.05) is 26.2 Å². The van der Waals surface area contributed by atoms with Crippen LogP contribution in [-0.2, 0) is 6.54 Å². The zero-order chi connectivity index (χ0) is 21.4. The molecule has 31 heavy (non-hydrogen) atoms. The van der Waals surface area contributed by atoms with Crippen LogP contribution in [0.15, 0.2) is 59.0 Å². The number of nitrogens with zero attached hydrogens (tertiary/aromatic N) is 6. The highest BCUT2D eigenvalue weighted by Crippen LogP contribution is 2.17. The molecule has 0 spiro atoms. The lowest BCUT2D eigenvalue weighted by molar-refractivity contribution is 0.0626. The molecular weight excluding hydrogens is 412 g/mol. The molecule has 8 nitrogen and oxygen atoms in total. The number of thiazole rings is 1. The van der Waals surface area contributed by atoms with Crippen molar-refractivity contribution in [2.45, 2.75) is 13.5 Å². The molecule has 0 atom stereocenters. The van der Waals surface area contributed by atoms with Crippen LogP contribution in [0.25, 0.3) is 10.6 Å². The van der Waals surface area contributed by atoms with Gasteiger partial charge in [-0.15, -0.1) is 11.3 Å². The molecule has 0 unspecified atom stereocenters. The molecule has 5 rings (SSSR count). The molecule has 1 amide bonds. The van der Waals surface area contributed by atoms with Crippen LogP contribution in [0, 0.1) is 6.92 Å². The van der Waals surface area contributed by atoms with Gasteiger partial charge in [-0.3, -0.25) is 18.9 Å². The summed E-state index contributed by atoms with van der Waals surface area (Å²) in [5, 5.41) is 6.28. The smallest absolute Gasteiger partial charge is 0.258 e. The van der Waals surface area contributed by atoms with Crippen molar-refractivity contribution < 1.29 is 4.79 Å². The fourth-order valence-electron chi connectivity index (χ4n) is 3.93. The van der Waals surface area contributed by atoms with Gasteiger partial charge in [0.2, 0.25) is 0 Å². The minimum atomic E-state index is -0.0547. The minimum absolute atomic E-state index is 0.00991. The van der Waals surface area contributed by atoms with Crippen LogP contribution < -0.4 is 5.56 Å². The second-order valence-corrected chi connectivity index (χ2v) is 8.47. The molecule has 0 saturated carbocycles. The van der Waals surface area contributed by atoms with Gasteiger partial charge in [0.1, 0.15) is 0 Å². The average Bonchev–Trinajstić information content (AvgIpc) is 3.41. The zero-order valence-electron chi connectivity index (χ0n) is 17.1. The van der Waals surface area contributed by atoms with Crippen LogP contribution in [0.2, 0.25) is 0 Å². The number of carbonyl (C=O) groups is 1. The number of rotatable bonds is 4. The molecule has 9 heteroatoms. The maximum Gasteiger partial charge on any atom is 0.258 e. The van der Waals surface area contributed by atoms with E-state index in [-0.39, 0.29) is 11.5 Å². The fraction of sp³-hybridized carbons (Fsp3) is 0.273. The first-order valence-electron chi connectivity index (χ1n) is 10.2. The topological polar surface area (TPSA) is 75.7 Å². The van der Waals surface area contributed by atoms with Crippen molar-refractivity contribution >= 4 is 22.2 Å². The molecule has 3 aromatic heterocycles. The standard InChI is InChI=1S/C22H22N6O2S/c1-16-19(14-23-28(16)18-5-3-2-4-6-18)21(30)26-9-7-25(8-10-26)15-17-13-20(29)27-11-12-31-22(27)24-17/h2-6,11-14H,7-10,15H2,1H3. The Kier molecular flexibility index (Phi) is 5.13. The van der Waals surface area contributed by atoms with E-state index in [1.54, 1.807) is 27.5 Å². The van der Waals surface area contributed by atoms with E-state index in [2.05, 4.69) is 15.0 Å². The Morgan fingerprint density at radius 1 is 1.13 bits per heavy atom. The number of carbonyl (C=O) groups excluding carboxylic acids is 1. The second-order valence-electron chi connectivity index (χ2n) is 7.60. The van der Waals surface area contributed by atoms with E-state index in [1.165, 1.54) is 11.3 Å². The van der Waals surface area contributed by atoms with Gasteiger partial charge >= 0.3 is 0 Å². The van der Waals surface area contributed by atoms with Crippen LogP contribution in [0.5, 0.6) is 0 Å². The van der Waals surface area contributed by atoms with E-state index in [0.717, 1.165) is 30.2 Å². The Balaban J connectivity index is 1.25. The summed E-state index contributed by atoms with van der Waals surface area (Å²) in [5.74, 6) is 0.00991. The number of fused-ring (bicyclic) bond motifs is 1. The SMILES string of the molecule is Cc1c(C(=O)N2CCN(Cc3cc(=O)n4ccsc4n3)CC2)cnn1-c1ccccc1. The number of benzene rings is 1. The van der Waals surface area contributed by atoms with Crippen LogP contribution in [0.4, 0.5) is 0 Å². The second kappa shape index (κ2) is 8.09. The lowest BCUT2D eigenvalue weighted by atomic mass is 10.2. The van der Waals surface area contributed by atoms with Crippen molar-refractivity contribution in [3.63, 3.8) is 0 Å². The van der Waals surface area contributed by atoms with Crippen molar-refractivity contribution in [1.29, 1.82) is 0 Å². The molecular formula is C22H22N6O2S. The summed E-state index contributed by atoms with van der Waals surface area (Å²) >= 11 is 1.45. The molecule has 0 radical (unpaired) electrons. The maximum absolute atomic E-state index is 13.1. The predicted octanol–water partition coefficient (Wildman–Crippen LogP) is 2.21. The molecule has 158 valence electrons. The quantitative estimate of drug-likeness (QED) is 0.492. The maximum atomic E-state index is 13.1. The molecule has 4 aromatic rings. The Labute approximate surface area is 183 Å². The molecule has 0 N–H and O–H groups in total. The first-order valence-corrected chi connectivity index (χ1v) is 11.1. The Morgan fingerprint density at radius 2 is 1.90 bits per heavy atom. The normalized spacial score (nSPS) is 14.9. The third-order valence-corrected chi connectivity index (χ3v) is 6.40. The summed E-state index contributed by atoms with van der Waals surface area (Å²) in [4.78, 5) is 34.7. The van der Waals surface area contributed by atoms with Crippen molar-refractivity contribution in [1.82, 2.24) is 29.0 Å². The van der Waals surface area contributed by atoms with Crippen LogP contribution in [-0.4, -0.2) is 61.1 Å². The van der Waals surface area contributed by atoms with Crippen LogP contribution in [0.1, 0.15) is 21.7 Å². The monoisotopic (exact) mass is 434 g/mol. The largest absolute Gasteiger partial charge is 0.336 e. The predicted molar refractivity (Wildman–Crippen MR) is 119 cm³/mol. The lowest BCUT2D eigenvalue weighted by Gasteiger charge is -2.34. The highest BCUT2D eigenvalue weighted by molar-refractivity contribution is 7.15. The number of aromatic nitrogens is 4. The summed E-state index contributed by atoms with van der Waals surface area (Å²) in [6.45, 7) is 5.28. The van der Waals surface area contributed by atoms with Crippen molar-refractivity contribution in [3.05, 3.63) is 81.5 Å². The van der Waals surface area contributed by atoms with Gasteiger partial charge in [-0.25, -0.2) is 9.67 Å². The number of hydrogen-bond donors (Lipinski definition) is 0. The molecule has 4 heterocycles. The number of piperazine rings is 1. The highest BCUT2D eigenvalue weighted by atomic mass is 32.1. The highest BCUT2D eigenvalue weighted by Gasteiger charge is 2.25. The summed E-state index contributed by atoms with van der Waals surface area (Å²) in [6.07, 6.45) is 3.40. The zero-order valence-corrected chi connectivity index (χ0v) is 18.0. The fourth-order valence-corrected chi connectivity index (χ4v) is 4.67. The van der Waals surface area contributed by atoms with Gasteiger partial charge in [0.15, 0.2) is 4.96 Å². The third-order valence-electron chi connectivity index (χ3n) is 5.64. The Bertz CT molecular complexity index is 1280. The summed E-state index contributed by atoms with van der Waals surface area (Å²) in [6, 6.07) is 11.4. The van der Waals surface area contributed by atoms with E-state index in [4.69, 9.17) is 0 Å². The van der Waals surface area contributed by atoms with E-state index >= 15 is 0 Å². The lowest BCUT2D eigenvalue weighted by Crippen LogP contribution is -2.48. The Morgan fingerprint density at radius 3 is 2.68 bits per heavy atom. The van der Waals surface area contributed by atoms with E-state index in [9.17, 15) is 9.59 Å². The molecule has 1 fully saturated rings. The van der Waals surface area contributed by atoms with Gasteiger partial charge in [-0.2, -0.15) is 5.10 Å². The van der Waals surface area contributed by atoms with Crippen molar-refractivity contribution in [3.8, 4) is 5.69 Å². The molecule has 1 aromatic carbocycles. The van der Waals surface area contributed by atoms with Crippen LogP contribution >= 0.6 is 11.3 Å². The number of amides is 1. The van der Waals surface area contributed by atoms with Gasteiger partial charge in [-0.05, 0) is 19.1 Å². The summed E-state index contributed by atoms with van der Waals surface area (Å²) in [7, 11) is 0. The van der Waals surface area contributed by atoms with Gasteiger partial charge in [-0.1, -0.05) is 18.2 Å².